The minimum absolute atomic E-state index is 0.101. The third-order valence-corrected chi connectivity index (χ3v) is 5.71. The molecule has 0 saturated carbocycles. The van der Waals surface area contributed by atoms with Crippen molar-refractivity contribution in [2.24, 2.45) is 0 Å². The van der Waals surface area contributed by atoms with Crippen LogP contribution in [-0.2, 0) is 19.6 Å². The zero-order valence-corrected chi connectivity index (χ0v) is 15.7. The number of rotatable bonds is 6. The highest BCUT2D eigenvalue weighted by molar-refractivity contribution is 7.92. The number of hydrogen-bond donors (Lipinski definition) is 0. The highest BCUT2D eigenvalue weighted by Gasteiger charge is 2.29. The molecule has 6 heteroatoms. The molecule has 2 aromatic carbocycles. The first-order valence-electron chi connectivity index (χ1n) is 8.02. The molecule has 0 spiro atoms. The van der Waals surface area contributed by atoms with Crippen molar-refractivity contribution in [3.63, 3.8) is 0 Å². The number of ether oxygens (including phenoxy) is 1. The van der Waals surface area contributed by atoms with Crippen molar-refractivity contribution in [3.05, 3.63) is 59.7 Å². The van der Waals surface area contributed by atoms with E-state index in [0.717, 1.165) is 15.4 Å². The second-order valence-corrected chi connectivity index (χ2v) is 7.98. The number of benzene rings is 2. The molecule has 2 aromatic rings. The van der Waals surface area contributed by atoms with E-state index in [0.29, 0.717) is 5.69 Å². The summed E-state index contributed by atoms with van der Waals surface area (Å²) in [6.45, 7) is 5.47. The molecule has 0 fully saturated rings. The van der Waals surface area contributed by atoms with Gasteiger partial charge in [0.05, 0.1) is 17.7 Å². The highest BCUT2D eigenvalue weighted by atomic mass is 32.2. The van der Waals surface area contributed by atoms with Crippen LogP contribution in [-0.4, -0.2) is 28.0 Å². The third kappa shape index (κ3) is 4.20. The summed E-state index contributed by atoms with van der Waals surface area (Å²) in [5.74, 6) is -0.515. The van der Waals surface area contributed by atoms with Crippen LogP contribution in [0.2, 0.25) is 0 Å². The number of nitrogens with zero attached hydrogens (tertiary/aromatic N) is 1. The molecule has 134 valence electrons. The molecule has 0 aromatic heterocycles. The van der Waals surface area contributed by atoms with Gasteiger partial charge in [-0.1, -0.05) is 49.7 Å². The molecule has 0 saturated heterocycles. The first-order chi connectivity index (χ1) is 11.8. The lowest BCUT2D eigenvalue weighted by Crippen LogP contribution is -2.37. The van der Waals surface area contributed by atoms with Gasteiger partial charge in [-0.2, -0.15) is 0 Å². The van der Waals surface area contributed by atoms with E-state index in [1.807, 2.05) is 32.9 Å². The van der Waals surface area contributed by atoms with E-state index in [2.05, 4.69) is 0 Å². The topological polar surface area (TPSA) is 63.7 Å². The number of sulfonamides is 1. The van der Waals surface area contributed by atoms with Crippen LogP contribution < -0.4 is 4.31 Å². The summed E-state index contributed by atoms with van der Waals surface area (Å²) in [5.41, 5.74) is 2.30. The van der Waals surface area contributed by atoms with Crippen LogP contribution >= 0.6 is 0 Å². The van der Waals surface area contributed by atoms with Crippen molar-refractivity contribution in [3.8, 4) is 0 Å². The van der Waals surface area contributed by atoms with Gasteiger partial charge in [0.25, 0.3) is 10.0 Å². The predicted octanol–water partition coefficient (Wildman–Crippen LogP) is 3.49. The molecule has 0 aliphatic heterocycles. The first kappa shape index (κ1) is 19.0. The van der Waals surface area contributed by atoms with E-state index in [1.165, 1.54) is 7.11 Å². The van der Waals surface area contributed by atoms with E-state index in [1.54, 1.807) is 36.4 Å². The second-order valence-electron chi connectivity index (χ2n) is 6.11. The molecule has 0 aliphatic rings. The molecule has 0 radical (unpaired) electrons. The van der Waals surface area contributed by atoms with E-state index in [-0.39, 0.29) is 17.4 Å². The Hall–Kier alpha value is -2.34. The Kier molecular flexibility index (Phi) is 5.85. The van der Waals surface area contributed by atoms with Gasteiger partial charge >= 0.3 is 5.97 Å². The lowest BCUT2D eigenvalue weighted by atomic mass is 10.0. The summed E-state index contributed by atoms with van der Waals surface area (Å²) < 4.78 is 32.2. The van der Waals surface area contributed by atoms with E-state index in [4.69, 9.17) is 4.74 Å². The van der Waals surface area contributed by atoms with Crippen molar-refractivity contribution < 1.29 is 17.9 Å². The normalized spacial score (nSPS) is 11.4. The highest BCUT2D eigenvalue weighted by Crippen LogP contribution is 2.31. The summed E-state index contributed by atoms with van der Waals surface area (Å²) in [5, 5.41) is 0. The quantitative estimate of drug-likeness (QED) is 0.739. The van der Waals surface area contributed by atoms with Crippen molar-refractivity contribution in [1.82, 2.24) is 0 Å². The van der Waals surface area contributed by atoms with Crippen molar-refractivity contribution in [2.45, 2.75) is 31.6 Å². The zero-order valence-electron chi connectivity index (χ0n) is 14.9. The Morgan fingerprint density at radius 1 is 1.08 bits per heavy atom. The van der Waals surface area contributed by atoms with Gasteiger partial charge in [-0.3, -0.25) is 9.10 Å². The smallest absolute Gasteiger partial charge is 0.326 e. The van der Waals surface area contributed by atoms with E-state index in [9.17, 15) is 13.2 Å². The largest absolute Gasteiger partial charge is 0.468 e. The Bertz CT molecular complexity index is 842. The molecule has 25 heavy (non-hydrogen) atoms. The van der Waals surface area contributed by atoms with Crippen molar-refractivity contribution >= 4 is 21.7 Å². The van der Waals surface area contributed by atoms with Crippen LogP contribution in [0.15, 0.2) is 53.4 Å². The fourth-order valence-corrected chi connectivity index (χ4v) is 3.96. The minimum Gasteiger partial charge on any atom is -0.468 e. The molecule has 0 bridgehead atoms. The average molecular weight is 361 g/mol. The molecule has 0 unspecified atom stereocenters. The van der Waals surface area contributed by atoms with Gasteiger partial charge in [-0.15, -0.1) is 0 Å². The number of anilines is 1. The van der Waals surface area contributed by atoms with Crippen LogP contribution in [0.1, 0.15) is 30.9 Å². The molecule has 0 atom stereocenters. The Balaban J connectivity index is 2.61. The Morgan fingerprint density at radius 3 is 2.24 bits per heavy atom. The number of hydrogen-bond acceptors (Lipinski definition) is 4. The maximum atomic E-state index is 13.2. The summed E-state index contributed by atoms with van der Waals surface area (Å²) >= 11 is 0. The van der Waals surface area contributed by atoms with Crippen LogP contribution in [0.4, 0.5) is 5.69 Å². The second kappa shape index (κ2) is 7.70. The van der Waals surface area contributed by atoms with Gasteiger partial charge < -0.3 is 4.74 Å². The first-order valence-corrected chi connectivity index (χ1v) is 9.46. The van der Waals surface area contributed by atoms with Crippen LogP contribution in [0.25, 0.3) is 0 Å². The van der Waals surface area contributed by atoms with Gasteiger partial charge in [0, 0.05) is 0 Å². The zero-order chi connectivity index (χ0) is 18.6. The Morgan fingerprint density at radius 2 is 1.68 bits per heavy atom. The number of aryl methyl sites for hydroxylation is 1. The number of methoxy groups -OCH3 is 1. The Labute approximate surface area is 149 Å². The molecule has 0 N–H and O–H groups in total. The van der Waals surface area contributed by atoms with E-state index >= 15 is 0 Å². The summed E-state index contributed by atoms with van der Waals surface area (Å²) in [7, 11) is -2.66. The minimum atomic E-state index is -3.90. The monoisotopic (exact) mass is 361 g/mol. The molecule has 0 heterocycles. The summed E-state index contributed by atoms with van der Waals surface area (Å²) in [4.78, 5) is 12.0. The van der Waals surface area contributed by atoms with Crippen molar-refractivity contribution in [2.75, 3.05) is 18.0 Å². The standard InChI is InChI=1S/C19H23NO4S/c1-14(2)17-7-5-6-8-18(17)20(13-19(21)24-4)25(22,23)16-11-9-15(3)10-12-16/h5-12,14H,13H2,1-4H3. The maximum Gasteiger partial charge on any atom is 0.326 e. The third-order valence-electron chi connectivity index (χ3n) is 3.94. The molecule has 0 aliphatic carbocycles. The van der Waals surface area contributed by atoms with Crippen LogP contribution in [0, 0.1) is 6.92 Å². The van der Waals surface area contributed by atoms with Crippen LogP contribution in [0.3, 0.4) is 0 Å². The van der Waals surface area contributed by atoms with Gasteiger partial charge in [-0.25, -0.2) is 8.42 Å². The predicted molar refractivity (Wildman–Crippen MR) is 98.3 cm³/mol. The molecular formula is C19H23NO4S. The molecule has 5 nitrogen and oxygen atoms in total. The lowest BCUT2D eigenvalue weighted by molar-refractivity contribution is -0.138. The fourth-order valence-electron chi connectivity index (χ4n) is 2.52. The lowest BCUT2D eigenvalue weighted by Gasteiger charge is -2.26. The molecule has 0 amide bonds. The maximum absolute atomic E-state index is 13.2. The summed E-state index contributed by atoms with van der Waals surface area (Å²) in [6, 6.07) is 13.8. The fraction of sp³-hybridized carbons (Fsp3) is 0.316. The number of carbonyl (C=O) groups excluding carboxylic acids is 1. The van der Waals surface area contributed by atoms with Gasteiger partial charge in [0.2, 0.25) is 0 Å². The number of para-hydroxylation sites is 1. The van der Waals surface area contributed by atoms with Gasteiger partial charge in [0.15, 0.2) is 0 Å². The SMILES string of the molecule is COC(=O)CN(c1ccccc1C(C)C)S(=O)(=O)c1ccc(C)cc1. The van der Waals surface area contributed by atoms with Gasteiger partial charge in [0.1, 0.15) is 6.54 Å². The molecule has 2 rings (SSSR count). The van der Waals surface area contributed by atoms with Crippen LogP contribution in [0.5, 0.6) is 0 Å². The average Bonchev–Trinajstić information content (AvgIpc) is 2.59. The van der Waals surface area contributed by atoms with E-state index < -0.39 is 16.0 Å². The molecular weight excluding hydrogens is 338 g/mol. The van der Waals surface area contributed by atoms with Gasteiger partial charge in [-0.05, 0) is 36.6 Å². The number of carbonyl (C=O) groups is 1. The summed E-state index contributed by atoms with van der Waals surface area (Å²) in [6.07, 6.45) is 0. The van der Waals surface area contributed by atoms with Crippen molar-refractivity contribution in [1.29, 1.82) is 0 Å². The number of esters is 1.